The molecule has 5 nitrogen and oxygen atoms in total. The number of carbonyl (C=O) groups is 1. The highest BCUT2D eigenvalue weighted by atomic mass is 16.6. The van der Waals surface area contributed by atoms with E-state index < -0.39 is 5.60 Å². The van der Waals surface area contributed by atoms with Gasteiger partial charge in [-0.2, -0.15) is 0 Å². The van der Waals surface area contributed by atoms with E-state index in [1.165, 1.54) is 0 Å². The molecule has 2 aromatic rings. The van der Waals surface area contributed by atoms with Crippen LogP contribution < -0.4 is 0 Å². The van der Waals surface area contributed by atoms with Crippen LogP contribution in [0.25, 0.3) is 0 Å². The topological polar surface area (TPSA) is 53.3 Å². The van der Waals surface area contributed by atoms with E-state index in [9.17, 15) is 4.79 Å². The lowest BCUT2D eigenvalue weighted by atomic mass is 9.96. The molecule has 1 atom stereocenters. The van der Waals surface area contributed by atoms with Gasteiger partial charge in [-0.05, 0) is 18.9 Å². The molecule has 1 saturated heterocycles. The fourth-order valence-electron chi connectivity index (χ4n) is 2.95. The third-order valence-corrected chi connectivity index (χ3v) is 4.32. The highest BCUT2D eigenvalue weighted by molar-refractivity contribution is 5.87. The first kappa shape index (κ1) is 15.7. The van der Waals surface area contributed by atoms with Gasteiger partial charge in [0.25, 0.3) is 0 Å². The van der Waals surface area contributed by atoms with Crippen molar-refractivity contribution in [2.24, 2.45) is 0 Å². The fraction of sp³-hybridized carbons (Fsp3) is 0.444. The zero-order valence-corrected chi connectivity index (χ0v) is 13.6. The first-order chi connectivity index (χ1) is 11.2. The molecule has 0 unspecified atom stereocenters. The number of rotatable bonds is 6. The highest BCUT2D eigenvalue weighted by Gasteiger charge is 2.42. The molecule has 0 N–H and O–H groups in total. The van der Waals surface area contributed by atoms with Gasteiger partial charge >= 0.3 is 5.97 Å². The zero-order valence-electron chi connectivity index (χ0n) is 13.6. The van der Waals surface area contributed by atoms with Crippen LogP contribution in [0.1, 0.15) is 48.8 Å². The number of aromatic nitrogens is 2. The summed E-state index contributed by atoms with van der Waals surface area (Å²) in [5.74, 6) is -0.331. The number of carbonyl (C=O) groups excluding carboxylic acids is 1. The molecule has 5 heteroatoms. The predicted octanol–water partition coefficient (Wildman–Crippen LogP) is 3.22. The van der Waals surface area contributed by atoms with Crippen LogP contribution >= 0.6 is 0 Å². The van der Waals surface area contributed by atoms with Gasteiger partial charge < -0.3 is 14.0 Å². The number of esters is 1. The first-order valence-corrected chi connectivity index (χ1v) is 8.03. The Hall–Kier alpha value is -2.14. The van der Waals surface area contributed by atoms with Gasteiger partial charge in [0.2, 0.25) is 0 Å². The van der Waals surface area contributed by atoms with Gasteiger partial charge in [0, 0.05) is 0 Å². The van der Waals surface area contributed by atoms with E-state index >= 15 is 0 Å². The van der Waals surface area contributed by atoms with Crippen molar-refractivity contribution in [3.63, 3.8) is 0 Å². The van der Waals surface area contributed by atoms with Crippen LogP contribution in [0, 0.1) is 0 Å². The summed E-state index contributed by atoms with van der Waals surface area (Å²) >= 11 is 0. The highest BCUT2D eigenvalue weighted by Crippen LogP contribution is 2.29. The van der Waals surface area contributed by atoms with Crippen molar-refractivity contribution in [2.45, 2.75) is 38.3 Å². The van der Waals surface area contributed by atoms with Crippen molar-refractivity contribution < 1.29 is 14.3 Å². The zero-order chi connectivity index (χ0) is 16.3. The molecule has 2 heterocycles. The van der Waals surface area contributed by atoms with Crippen molar-refractivity contribution in [1.82, 2.24) is 9.55 Å². The normalized spacial score (nSPS) is 17.3. The Morgan fingerprint density at radius 1 is 1.39 bits per heavy atom. The fourth-order valence-corrected chi connectivity index (χ4v) is 2.95. The molecule has 1 aromatic carbocycles. The maximum absolute atomic E-state index is 12.6. The minimum absolute atomic E-state index is 0.0148. The minimum atomic E-state index is -0.461. The molecule has 1 fully saturated rings. The number of imidazole rings is 1. The molecule has 0 aliphatic carbocycles. The van der Waals surface area contributed by atoms with Crippen LogP contribution in [0.2, 0.25) is 0 Å². The Morgan fingerprint density at radius 3 is 2.74 bits per heavy atom. The third-order valence-electron chi connectivity index (χ3n) is 4.32. The molecule has 23 heavy (non-hydrogen) atoms. The van der Waals surface area contributed by atoms with E-state index in [0.717, 1.165) is 18.4 Å². The van der Waals surface area contributed by atoms with Crippen LogP contribution in [-0.2, 0) is 9.47 Å². The number of hydrogen-bond acceptors (Lipinski definition) is 4. The molecule has 3 rings (SSSR count). The summed E-state index contributed by atoms with van der Waals surface area (Å²) in [7, 11) is 0. The molecule has 0 bridgehead atoms. The predicted molar refractivity (Wildman–Crippen MR) is 86.4 cm³/mol. The maximum atomic E-state index is 12.6. The van der Waals surface area contributed by atoms with Gasteiger partial charge in [-0.3, -0.25) is 0 Å². The molecule has 0 spiro atoms. The van der Waals surface area contributed by atoms with Crippen molar-refractivity contribution in [3.05, 3.63) is 54.1 Å². The molecule has 0 radical (unpaired) electrons. The lowest BCUT2D eigenvalue weighted by molar-refractivity contribution is -0.184. The monoisotopic (exact) mass is 314 g/mol. The van der Waals surface area contributed by atoms with Gasteiger partial charge in [-0.1, -0.05) is 43.7 Å². The van der Waals surface area contributed by atoms with E-state index in [4.69, 9.17) is 9.47 Å². The summed E-state index contributed by atoms with van der Waals surface area (Å²) in [4.78, 5) is 16.7. The second kappa shape index (κ2) is 6.54. The molecule has 0 amide bonds. The van der Waals surface area contributed by atoms with Crippen LogP contribution in [-0.4, -0.2) is 34.3 Å². The number of nitrogens with zero attached hydrogens (tertiary/aromatic N) is 2. The molecule has 1 aliphatic rings. The van der Waals surface area contributed by atoms with Crippen molar-refractivity contribution in [2.75, 3.05) is 13.2 Å². The lowest BCUT2D eigenvalue weighted by Crippen LogP contribution is -2.53. The Bertz CT molecular complexity index is 662. The molecule has 1 aromatic heterocycles. The minimum Gasteiger partial charge on any atom is -0.449 e. The summed E-state index contributed by atoms with van der Waals surface area (Å²) in [6, 6.07) is 10.0. The molecular weight excluding hydrogens is 292 g/mol. The molecular formula is C18H22N2O3. The Balaban J connectivity index is 1.79. The third kappa shape index (κ3) is 3.15. The summed E-state index contributed by atoms with van der Waals surface area (Å²) in [5.41, 5.74) is 1.13. The lowest BCUT2D eigenvalue weighted by Gasteiger charge is -2.40. The average Bonchev–Trinajstić information content (AvgIpc) is 3.02. The van der Waals surface area contributed by atoms with Gasteiger partial charge in [0.1, 0.15) is 5.69 Å². The van der Waals surface area contributed by atoms with Gasteiger partial charge in [-0.15, -0.1) is 0 Å². The average molecular weight is 314 g/mol. The Morgan fingerprint density at radius 2 is 2.13 bits per heavy atom. The van der Waals surface area contributed by atoms with Crippen LogP contribution in [0.3, 0.4) is 0 Å². The van der Waals surface area contributed by atoms with Gasteiger partial charge in [-0.25, -0.2) is 9.78 Å². The van der Waals surface area contributed by atoms with Gasteiger partial charge in [0.15, 0.2) is 5.60 Å². The molecule has 0 saturated carbocycles. The maximum Gasteiger partial charge on any atom is 0.357 e. The smallest absolute Gasteiger partial charge is 0.357 e. The number of ether oxygens (including phenoxy) is 2. The van der Waals surface area contributed by atoms with Crippen molar-refractivity contribution >= 4 is 5.97 Å². The van der Waals surface area contributed by atoms with Crippen LogP contribution in [0.5, 0.6) is 0 Å². The summed E-state index contributed by atoms with van der Waals surface area (Å²) in [5, 5.41) is 0. The largest absolute Gasteiger partial charge is 0.449 e. The summed E-state index contributed by atoms with van der Waals surface area (Å²) < 4.78 is 12.9. The van der Waals surface area contributed by atoms with E-state index in [1.54, 1.807) is 12.5 Å². The van der Waals surface area contributed by atoms with Crippen molar-refractivity contribution in [1.29, 1.82) is 0 Å². The van der Waals surface area contributed by atoms with Crippen LogP contribution in [0.15, 0.2) is 42.9 Å². The van der Waals surface area contributed by atoms with E-state index in [0.29, 0.717) is 18.9 Å². The second-order valence-electron chi connectivity index (χ2n) is 6.09. The number of benzene rings is 1. The molecule has 1 aliphatic heterocycles. The number of hydrogen-bond donors (Lipinski definition) is 0. The summed E-state index contributed by atoms with van der Waals surface area (Å²) in [6.07, 6.45) is 5.02. The second-order valence-corrected chi connectivity index (χ2v) is 6.09. The standard InChI is InChI=1S/C18H22N2O3/c1-3-9-18(11-22-12-18)23-17(21)16-10-19-13-20(16)14(2)15-7-5-4-6-8-15/h4-8,10,13-14H,3,9,11-12H2,1-2H3/t14-/m1/s1. The van der Waals surface area contributed by atoms with E-state index in [1.807, 2.05) is 41.8 Å². The molecule has 122 valence electrons. The van der Waals surface area contributed by atoms with Crippen molar-refractivity contribution in [3.8, 4) is 0 Å². The Labute approximate surface area is 136 Å². The Kier molecular flexibility index (Phi) is 4.48. The van der Waals surface area contributed by atoms with E-state index in [2.05, 4.69) is 11.9 Å². The quantitative estimate of drug-likeness (QED) is 0.768. The van der Waals surface area contributed by atoms with E-state index in [-0.39, 0.29) is 12.0 Å². The first-order valence-electron chi connectivity index (χ1n) is 8.03. The summed E-state index contributed by atoms with van der Waals surface area (Å²) in [6.45, 7) is 5.08. The van der Waals surface area contributed by atoms with Crippen LogP contribution in [0.4, 0.5) is 0 Å². The SMILES string of the molecule is CCCC1(OC(=O)c2cncn2[C@H](C)c2ccccc2)COC1. The van der Waals surface area contributed by atoms with Gasteiger partial charge in [0.05, 0.1) is 31.8 Å².